The first-order chi connectivity index (χ1) is 12.6. The summed E-state index contributed by atoms with van der Waals surface area (Å²) >= 11 is 0. The van der Waals surface area contributed by atoms with Gasteiger partial charge in [0.25, 0.3) is 0 Å². The van der Waals surface area contributed by atoms with E-state index in [2.05, 4.69) is 6.92 Å². The molecule has 0 spiro atoms. The fourth-order valence-electron chi connectivity index (χ4n) is 4.88. The van der Waals surface area contributed by atoms with Gasteiger partial charge >= 0.3 is 0 Å². The predicted molar refractivity (Wildman–Crippen MR) is 99.6 cm³/mol. The van der Waals surface area contributed by atoms with Crippen LogP contribution in [0.3, 0.4) is 0 Å². The molecule has 2 aliphatic carbocycles. The van der Waals surface area contributed by atoms with E-state index >= 15 is 0 Å². The van der Waals surface area contributed by atoms with Crippen LogP contribution in [0.4, 0.5) is 8.78 Å². The molecule has 0 aromatic heterocycles. The van der Waals surface area contributed by atoms with Crippen LogP contribution in [0.5, 0.6) is 11.5 Å². The highest BCUT2D eigenvalue weighted by molar-refractivity contribution is 5.34. The second-order valence-corrected chi connectivity index (χ2v) is 8.17. The van der Waals surface area contributed by atoms with Gasteiger partial charge in [0.15, 0.2) is 11.5 Å². The van der Waals surface area contributed by atoms with Crippen molar-refractivity contribution in [1.29, 1.82) is 0 Å². The van der Waals surface area contributed by atoms with E-state index in [0.29, 0.717) is 12.5 Å². The standard InChI is InChI=1S/C22H32F2O2/c1-3-15-4-8-17(9-5-15)18-10-6-16(7-11-18)14-26-20-13-12-19(25-2)21(23)22(20)24/h12-13,15-18H,3-11,14H2,1-2H3/t15-,16-,17-,18-. The molecule has 26 heavy (non-hydrogen) atoms. The normalized spacial score (nSPS) is 29.4. The van der Waals surface area contributed by atoms with Crippen LogP contribution in [0, 0.1) is 35.3 Å². The van der Waals surface area contributed by atoms with Gasteiger partial charge in [0.1, 0.15) is 0 Å². The van der Waals surface area contributed by atoms with Gasteiger partial charge in [0, 0.05) is 0 Å². The van der Waals surface area contributed by atoms with Crippen LogP contribution in [-0.4, -0.2) is 13.7 Å². The van der Waals surface area contributed by atoms with E-state index in [1.807, 2.05) is 0 Å². The summed E-state index contributed by atoms with van der Waals surface area (Å²) in [5, 5.41) is 0. The highest BCUT2D eigenvalue weighted by Crippen LogP contribution is 2.42. The van der Waals surface area contributed by atoms with Gasteiger partial charge in [0.2, 0.25) is 11.6 Å². The summed E-state index contributed by atoms with van der Waals surface area (Å²) in [4.78, 5) is 0. The Morgan fingerprint density at radius 3 is 1.85 bits per heavy atom. The first-order valence-corrected chi connectivity index (χ1v) is 10.3. The first kappa shape index (κ1) is 19.4. The van der Waals surface area contributed by atoms with Crippen molar-refractivity contribution in [3.8, 4) is 11.5 Å². The van der Waals surface area contributed by atoms with E-state index in [0.717, 1.165) is 30.6 Å². The Bertz CT molecular complexity index is 574. The van der Waals surface area contributed by atoms with Crippen molar-refractivity contribution in [2.45, 2.75) is 64.7 Å². The second kappa shape index (κ2) is 9.05. The van der Waals surface area contributed by atoms with Crippen LogP contribution in [0.25, 0.3) is 0 Å². The average molecular weight is 366 g/mol. The van der Waals surface area contributed by atoms with Crippen molar-refractivity contribution in [3.63, 3.8) is 0 Å². The predicted octanol–water partition coefficient (Wildman–Crippen LogP) is 6.38. The Labute approximate surface area is 156 Å². The van der Waals surface area contributed by atoms with Gasteiger partial charge in [-0.25, -0.2) is 0 Å². The van der Waals surface area contributed by atoms with E-state index in [1.54, 1.807) is 0 Å². The molecule has 0 radical (unpaired) electrons. The highest BCUT2D eigenvalue weighted by atomic mass is 19.2. The third-order valence-corrected chi connectivity index (χ3v) is 6.73. The maximum Gasteiger partial charge on any atom is 0.204 e. The van der Waals surface area contributed by atoms with Crippen molar-refractivity contribution in [3.05, 3.63) is 23.8 Å². The monoisotopic (exact) mass is 366 g/mol. The minimum Gasteiger partial charge on any atom is -0.494 e. The third kappa shape index (κ3) is 4.50. The summed E-state index contributed by atoms with van der Waals surface area (Å²) in [6.45, 7) is 2.78. The van der Waals surface area contributed by atoms with Crippen molar-refractivity contribution in [2.24, 2.45) is 23.7 Å². The molecule has 0 heterocycles. The highest BCUT2D eigenvalue weighted by Gasteiger charge is 2.30. The molecule has 0 bridgehead atoms. The molecule has 0 unspecified atom stereocenters. The molecule has 2 fully saturated rings. The van der Waals surface area contributed by atoms with Crippen LogP contribution < -0.4 is 9.47 Å². The smallest absolute Gasteiger partial charge is 0.204 e. The lowest BCUT2D eigenvalue weighted by Crippen LogP contribution is -2.27. The molecular weight excluding hydrogens is 334 g/mol. The van der Waals surface area contributed by atoms with Gasteiger partial charge in [-0.3, -0.25) is 0 Å². The molecule has 1 aromatic rings. The largest absolute Gasteiger partial charge is 0.494 e. The molecule has 4 heteroatoms. The molecule has 2 nitrogen and oxygen atoms in total. The molecular formula is C22H32F2O2. The zero-order valence-electron chi connectivity index (χ0n) is 16.1. The minimum atomic E-state index is -0.976. The van der Waals surface area contributed by atoms with Crippen LogP contribution >= 0.6 is 0 Å². The van der Waals surface area contributed by atoms with E-state index in [-0.39, 0.29) is 11.5 Å². The number of ether oxygens (including phenoxy) is 2. The summed E-state index contributed by atoms with van der Waals surface area (Å²) < 4.78 is 38.1. The van der Waals surface area contributed by atoms with E-state index in [4.69, 9.17) is 9.47 Å². The van der Waals surface area contributed by atoms with Crippen LogP contribution in [0.2, 0.25) is 0 Å². The molecule has 0 saturated heterocycles. The lowest BCUT2D eigenvalue weighted by atomic mass is 9.69. The first-order valence-electron chi connectivity index (χ1n) is 10.3. The number of hydrogen-bond acceptors (Lipinski definition) is 2. The SMILES string of the molecule is CC[C@H]1CC[C@H]([C@H]2CC[C@H](COc3ccc(OC)c(F)c3F)CC2)CC1. The van der Waals surface area contributed by atoms with Crippen molar-refractivity contribution >= 4 is 0 Å². The van der Waals surface area contributed by atoms with Crippen LogP contribution in [0.15, 0.2) is 12.1 Å². The van der Waals surface area contributed by atoms with Crippen molar-refractivity contribution in [2.75, 3.05) is 13.7 Å². The quantitative estimate of drug-likeness (QED) is 0.582. The molecule has 0 atom stereocenters. The van der Waals surface area contributed by atoms with Gasteiger partial charge in [0.05, 0.1) is 13.7 Å². The van der Waals surface area contributed by atoms with Gasteiger partial charge in [-0.15, -0.1) is 0 Å². The fourth-order valence-corrected chi connectivity index (χ4v) is 4.88. The van der Waals surface area contributed by atoms with Gasteiger partial charge in [-0.2, -0.15) is 8.78 Å². The molecule has 146 valence electrons. The second-order valence-electron chi connectivity index (χ2n) is 8.17. The molecule has 2 saturated carbocycles. The zero-order chi connectivity index (χ0) is 18.5. The lowest BCUT2D eigenvalue weighted by molar-refractivity contribution is 0.121. The Hall–Kier alpha value is -1.32. The summed E-state index contributed by atoms with van der Waals surface area (Å²) in [6, 6.07) is 2.87. The van der Waals surface area contributed by atoms with Gasteiger partial charge < -0.3 is 9.47 Å². The number of rotatable bonds is 6. The Balaban J connectivity index is 1.44. The topological polar surface area (TPSA) is 18.5 Å². The molecule has 0 aliphatic heterocycles. The van der Waals surface area contributed by atoms with Crippen LogP contribution in [-0.2, 0) is 0 Å². The van der Waals surface area contributed by atoms with E-state index in [1.165, 1.54) is 64.2 Å². The molecule has 0 N–H and O–H groups in total. The minimum absolute atomic E-state index is 0.0108. The maximum absolute atomic E-state index is 14.0. The van der Waals surface area contributed by atoms with Crippen molar-refractivity contribution in [1.82, 2.24) is 0 Å². The number of hydrogen-bond donors (Lipinski definition) is 0. The fraction of sp³-hybridized carbons (Fsp3) is 0.727. The van der Waals surface area contributed by atoms with Crippen molar-refractivity contribution < 1.29 is 18.3 Å². The number of benzene rings is 1. The number of halogens is 2. The van der Waals surface area contributed by atoms with Crippen LogP contribution in [0.1, 0.15) is 64.7 Å². The third-order valence-electron chi connectivity index (χ3n) is 6.73. The van der Waals surface area contributed by atoms with E-state index in [9.17, 15) is 8.78 Å². The molecule has 3 rings (SSSR count). The van der Waals surface area contributed by atoms with Gasteiger partial charge in [-0.1, -0.05) is 26.2 Å². The Morgan fingerprint density at radius 2 is 1.31 bits per heavy atom. The maximum atomic E-state index is 14.0. The van der Waals surface area contributed by atoms with E-state index < -0.39 is 11.6 Å². The summed E-state index contributed by atoms with van der Waals surface area (Å²) in [6.07, 6.45) is 11.8. The summed E-state index contributed by atoms with van der Waals surface area (Å²) in [5.41, 5.74) is 0. The Kier molecular flexibility index (Phi) is 6.77. The lowest BCUT2D eigenvalue weighted by Gasteiger charge is -2.37. The molecule has 2 aliphatic rings. The average Bonchev–Trinajstić information content (AvgIpc) is 2.70. The summed E-state index contributed by atoms with van der Waals surface area (Å²) in [5.74, 6) is 1.14. The molecule has 0 amide bonds. The Morgan fingerprint density at radius 1 is 0.808 bits per heavy atom. The molecule has 1 aromatic carbocycles. The zero-order valence-corrected chi connectivity index (χ0v) is 16.1. The number of methoxy groups -OCH3 is 1. The van der Waals surface area contributed by atoms with Gasteiger partial charge in [-0.05, 0) is 74.3 Å². The summed E-state index contributed by atoms with van der Waals surface area (Å²) in [7, 11) is 1.32.